The number of carbonyl (C=O) groups excluding carboxylic acids is 2. The number of aromatic nitrogens is 2. The number of nitrogens with zero attached hydrogens (tertiary/aromatic N) is 2. The van der Waals surface area contributed by atoms with Crippen molar-refractivity contribution in [1.82, 2.24) is 9.78 Å². The zero-order valence-corrected chi connectivity index (χ0v) is 17.5. The number of carbonyl (C=O) groups is 2. The van der Waals surface area contributed by atoms with E-state index in [0.717, 1.165) is 11.4 Å². The number of ether oxygens (including phenoxy) is 1. The summed E-state index contributed by atoms with van der Waals surface area (Å²) in [6.45, 7) is 5.69. The van der Waals surface area contributed by atoms with Crippen molar-refractivity contribution in [3.05, 3.63) is 64.9 Å². The molecule has 30 heavy (non-hydrogen) atoms. The van der Waals surface area contributed by atoms with Gasteiger partial charge in [-0.25, -0.2) is 4.68 Å². The second-order valence-electron chi connectivity index (χ2n) is 7.40. The van der Waals surface area contributed by atoms with Gasteiger partial charge in [0.25, 0.3) is 11.8 Å². The van der Waals surface area contributed by atoms with Gasteiger partial charge in [0.05, 0.1) is 28.8 Å². The Morgan fingerprint density at radius 1 is 1.23 bits per heavy atom. The van der Waals surface area contributed by atoms with Crippen molar-refractivity contribution < 1.29 is 14.3 Å². The molecular weight excluding hydrogens is 404 g/mol. The first-order valence-corrected chi connectivity index (χ1v) is 9.98. The lowest BCUT2D eigenvalue weighted by Gasteiger charge is -2.23. The maximum atomic E-state index is 13.0. The lowest BCUT2D eigenvalue weighted by molar-refractivity contribution is -0.122. The van der Waals surface area contributed by atoms with Crippen LogP contribution in [-0.2, 0) is 4.79 Å². The Morgan fingerprint density at radius 3 is 2.67 bits per heavy atom. The van der Waals surface area contributed by atoms with Crippen LogP contribution < -0.4 is 15.4 Å². The van der Waals surface area contributed by atoms with Crippen molar-refractivity contribution in [2.24, 2.45) is 0 Å². The molecule has 2 aromatic carbocycles. The molecule has 4 rings (SSSR count). The molecule has 1 aliphatic heterocycles. The Kier molecular flexibility index (Phi) is 5.22. The predicted octanol–water partition coefficient (Wildman–Crippen LogP) is 4.62. The second-order valence-corrected chi connectivity index (χ2v) is 7.84. The van der Waals surface area contributed by atoms with Crippen LogP contribution >= 0.6 is 11.6 Å². The maximum absolute atomic E-state index is 13.0. The molecule has 0 saturated carbocycles. The second kappa shape index (κ2) is 7.84. The van der Waals surface area contributed by atoms with Gasteiger partial charge in [-0.1, -0.05) is 25.4 Å². The zero-order chi connectivity index (χ0) is 21.4. The lowest BCUT2D eigenvalue weighted by atomic mass is 10.0. The fraction of sp³-hybridized carbons (Fsp3) is 0.227. The molecule has 0 fully saturated rings. The highest BCUT2D eigenvalue weighted by molar-refractivity contribution is 6.30. The number of nitrogens with one attached hydrogen (secondary N) is 2. The number of benzene rings is 2. The van der Waals surface area contributed by atoms with Crippen LogP contribution in [0.2, 0.25) is 5.02 Å². The molecule has 8 heteroatoms. The van der Waals surface area contributed by atoms with Gasteiger partial charge in [0.2, 0.25) is 0 Å². The molecule has 1 aliphatic rings. The number of halogens is 1. The van der Waals surface area contributed by atoms with Gasteiger partial charge in [0.15, 0.2) is 6.10 Å². The highest BCUT2D eigenvalue weighted by Gasteiger charge is 2.25. The first-order valence-electron chi connectivity index (χ1n) is 9.60. The number of amides is 2. The molecule has 7 nitrogen and oxygen atoms in total. The van der Waals surface area contributed by atoms with E-state index in [1.54, 1.807) is 48.1 Å². The summed E-state index contributed by atoms with van der Waals surface area (Å²) >= 11 is 5.99. The van der Waals surface area contributed by atoms with Crippen LogP contribution in [0.5, 0.6) is 5.75 Å². The smallest absolute Gasteiger partial charge is 0.265 e. The van der Waals surface area contributed by atoms with Crippen molar-refractivity contribution in [2.45, 2.75) is 32.8 Å². The fourth-order valence-electron chi connectivity index (χ4n) is 3.36. The summed E-state index contributed by atoms with van der Waals surface area (Å²) in [5.41, 5.74) is 3.16. The van der Waals surface area contributed by atoms with E-state index in [9.17, 15) is 9.59 Å². The average molecular weight is 425 g/mol. The molecule has 2 heterocycles. The lowest BCUT2D eigenvalue weighted by Crippen LogP contribution is -2.34. The number of fused-ring (bicyclic) bond motifs is 1. The minimum atomic E-state index is -0.551. The van der Waals surface area contributed by atoms with Crippen LogP contribution in [-0.4, -0.2) is 27.7 Å². The highest BCUT2D eigenvalue weighted by Crippen LogP contribution is 2.32. The van der Waals surface area contributed by atoms with Crippen molar-refractivity contribution in [1.29, 1.82) is 0 Å². The first-order chi connectivity index (χ1) is 14.3. The van der Waals surface area contributed by atoms with E-state index in [-0.39, 0.29) is 17.7 Å². The number of hydrogen-bond acceptors (Lipinski definition) is 4. The van der Waals surface area contributed by atoms with Crippen molar-refractivity contribution in [2.75, 3.05) is 10.6 Å². The molecule has 0 spiro atoms. The predicted molar refractivity (Wildman–Crippen MR) is 116 cm³/mol. The number of rotatable bonds is 4. The zero-order valence-electron chi connectivity index (χ0n) is 16.8. The molecule has 2 N–H and O–H groups in total. The van der Waals surface area contributed by atoms with E-state index in [4.69, 9.17) is 16.3 Å². The Morgan fingerprint density at radius 2 is 1.97 bits per heavy atom. The van der Waals surface area contributed by atoms with E-state index in [1.165, 1.54) is 0 Å². The Bertz CT molecular complexity index is 1120. The van der Waals surface area contributed by atoms with E-state index in [0.29, 0.717) is 27.7 Å². The average Bonchev–Trinajstić information content (AvgIpc) is 3.15. The Balaban J connectivity index is 1.62. The maximum Gasteiger partial charge on any atom is 0.265 e. The van der Waals surface area contributed by atoms with Crippen molar-refractivity contribution in [3.63, 3.8) is 0 Å². The third-order valence-corrected chi connectivity index (χ3v) is 5.09. The summed E-state index contributed by atoms with van der Waals surface area (Å²) in [6.07, 6.45) is 1.01. The molecule has 3 aromatic rings. The standard InChI is InChI=1S/C22H21ClN4O3/c1-12(2)20-17(11-24-27(20)16-7-4-14(23)5-8-16)22(29)25-15-6-9-19-18(10-15)26-21(28)13(3)30-19/h4-13H,1-3H3,(H,25,29)(H,26,28). The quantitative estimate of drug-likeness (QED) is 0.639. The van der Waals surface area contributed by atoms with Gasteiger partial charge in [-0.15, -0.1) is 0 Å². The van der Waals surface area contributed by atoms with Crippen LogP contribution in [0.15, 0.2) is 48.7 Å². The summed E-state index contributed by atoms with van der Waals surface area (Å²) in [6, 6.07) is 12.4. The van der Waals surface area contributed by atoms with Crippen LogP contribution in [0.4, 0.5) is 11.4 Å². The molecule has 0 aliphatic carbocycles. The van der Waals surface area contributed by atoms with Crippen molar-refractivity contribution in [3.8, 4) is 11.4 Å². The Hall–Kier alpha value is -3.32. The van der Waals surface area contributed by atoms with Crippen LogP contribution in [0.1, 0.15) is 42.7 Å². The van der Waals surface area contributed by atoms with Crippen LogP contribution in [0.25, 0.3) is 5.69 Å². The molecular formula is C22H21ClN4O3. The summed E-state index contributed by atoms with van der Waals surface area (Å²) in [5, 5.41) is 10.7. The van der Waals surface area contributed by atoms with Crippen LogP contribution in [0, 0.1) is 0 Å². The topological polar surface area (TPSA) is 85.2 Å². The van der Waals surface area contributed by atoms with E-state index < -0.39 is 6.10 Å². The summed E-state index contributed by atoms with van der Waals surface area (Å²) in [7, 11) is 0. The van der Waals surface area contributed by atoms with E-state index >= 15 is 0 Å². The SMILES string of the molecule is CC1Oc2ccc(NC(=O)c3cnn(-c4ccc(Cl)cc4)c3C(C)C)cc2NC1=O. The molecule has 1 atom stereocenters. The summed E-state index contributed by atoms with van der Waals surface area (Å²) in [5.74, 6) is 0.118. The summed E-state index contributed by atoms with van der Waals surface area (Å²) in [4.78, 5) is 24.9. The third-order valence-electron chi connectivity index (χ3n) is 4.84. The minimum Gasteiger partial charge on any atom is -0.479 e. The molecule has 154 valence electrons. The van der Waals surface area contributed by atoms with Crippen LogP contribution in [0.3, 0.4) is 0 Å². The molecule has 0 bridgehead atoms. The molecule has 0 radical (unpaired) electrons. The minimum absolute atomic E-state index is 0.0571. The van der Waals surface area contributed by atoms with E-state index in [1.807, 2.05) is 26.0 Å². The van der Waals surface area contributed by atoms with Gasteiger partial charge >= 0.3 is 0 Å². The van der Waals surface area contributed by atoms with Crippen molar-refractivity contribution >= 4 is 34.8 Å². The third kappa shape index (κ3) is 3.76. The highest BCUT2D eigenvalue weighted by atomic mass is 35.5. The fourth-order valence-corrected chi connectivity index (χ4v) is 3.49. The van der Waals surface area contributed by atoms with Gasteiger partial charge in [-0.3, -0.25) is 9.59 Å². The van der Waals surface area contributed by atoms with Gasteiger partial charge in [0.1, 0.15) is 5.75 Å². The Labute approximate surface area is 179 Å². The molecule has 1 unspecified atom stereocenters. The first kappa shape index (κ1) is 20.0. The number of anilines is 2. The van der Waals surface area contributed by atoms with Gasteiger partial charge in [-0.05, 0) is 55.3 Å². The molecule has 0 saturated heterocycles. The largest absolute Gasteiger partial charge is 0.479 e. The monoisotopic (exact) mass is 424 g/mol. The van der Waals surface area contributed by atoms with Gasteiger partial charge < -0.3 is 15.4 Å². The summed E-state index contributed by atoms with van der Waals surface area (Å²) < 4.78 is 7.30. The molecule has 2 amide bonds. The normalized spacial score (nSPS) is 15.4. The van der Waals surface area contributed by atoms with Gasteiger partial charge in [0, 0.05) is 10.7 Å². The van der Waals surface area contributed by atoms with E-state index in [2.05, 4.69) is 15.7 Å². The molecule has 1 aromatic heterocycles. The van der Waals surface area contributed by atoms with Gasteiger partial charge in [-0.2, -0.15) is 5.10 Å². The number of hydrogen-bond donors (Lipinski definition) is 2.